The second kappa shape index (κ2) is 6.68. The SMILES string of the molecule is Cc1nn(CCCO)c(C)c1S(=O)(=O)N(C)C1CCSC1. The van der Waals surface area contributed by atoms with Gasteiger partial charge in [0.25, 0.3) is 0 Å². The Morgan fingerprint density at radius 3 is 2.76 bits per heavy atom. The third kappa shape index (κ3) is 3.28. The normalized spacial score (nSPS) is 19.6. The van der Waals surface area contributed by atoms with Crippen LogP contribution in [0.25, 0.3) is 0 Å². The van der Waals surface area contributed by atoms with Crippen molar-refractivity contribution in [2.75, 3.05) is 25.2 Å². The highest BCUT2D eigenvalue weighted by atomic mass is 32.2. The molecule has 0 radical (unpaired) electrons. The van der Waals surface area contributed by atoms with Crippen LogP contribution in [-0.4, -0.2) is 58.8 Å². The summed E-state index contributed by atoms with van der Waals surface area (Å²) in [7, 11) is -1.85. The van der Waals surface area contributed by atoms with Crippen LogP contribution in [-0.2, 0) is 16.6 Å². The third-order valence-corrected chi connectivity index (χ3v) is 7.21. The third-order valence-electron chi connectivity index (χ3n) is 3.90. The van der Waals surface area contributed by atoms with Gasteiger partial charge in [0, 0.05) is 32.0 Å². The predicted molar refractivity (Wildman–Crippen MR) is 84.1 cm³/mol. The van der Waals surface area contributed by atoms with E-state index in [0.717, 1.165) is 17.9 Å². The number of sulfonamides is 1. The second-order valence-corrected chi connectivity index (χ2v) is 8.42. The molecular formula is C13H23N3O3S2. The Hall–Kier alpha value is -0.570. The maximum Gasteiger partial charge on any atom is 0.246 e. The van der Waals surface area contributed by atoms with E-state index < -0.39 is 10.0 Å². The molecule has 0 bridgehead atoms. The predicted octanol–water partition coefficient (Wildman–Crippen LogP) is 1.01. The number of aliphatic hydroxyl groups is 1. The number of aliphatic hydroxyl groups excluding tert-OH is 1. The Morgan fingerprint density at radius 1 is 1.48 bits per heavy atom. The Labute approximate surface area is 130 Å². The van der Waals surface area contributed by atoms with Gasteiger partial charge >= 0.3 is 0 Å². The van der Waals surface area contributed by atoms with Gasteiger partial charge in [0.1, 0.15) is 4.90 Å². The first kappa shape index (κ1) is 16.8. The summed E-state index contributed by atoms with van der Waals surface area (Å²) in [5.41, 5.74) is 1.18. The number of aryl methyl sites for hydroxylation is 2. The van der Waals surface area contributed by atoms with Crippen LogP contribution < -0.4 is 0 Å². The summed E-state index contributed by atoms with van der Waals surface area (Å²) in [5.74, 6) is 1.87. The fourth-order valence-electron chi connectivity index (χ4n) is 2.64. The van der Waals surface area contributed by atoms with E-state index in [-0.39, 0.29) is 12.6 Å². The van der Waals surface area contributed by atoms with E-state index in [2.05, 4.69) is 5.10 Å². The summed E-state index contributed by atoms with van der Waals surface area (Å²) in [5, 5.41) is 13.2. The highest BCUT2D eigenvalue weighted by molar-refractivity contribution is 7.99. The fourth-order valence-corrected chi connectivity index (χ4v) is 5.76. The van der Waals surface area contributed by atoms with Gasteiger partial charge in [-0.2, -0.15) is 21.2 Å². The lowest BCUT2D eigenvalue weighted by Gasteiger charge is -2.23. The van der Waals surface area contributed by atoms with E-state index >= 15 is 0 Å². The molecule has 120 valence electrons. The number of rotatable bonds is 6. The highest BCUT2D eigenvalue weighted by Gasteiger charge is 2.34. The van der Waals surface area contributed by atoms with Crippen molar-refractivity contribution in [3.05, 3.63) is 11.4 Å². The summed E-state index contributed by atoms with van der Waals surface area (Å²) in [4.78, 5) is 0.319. The molecule has 21 heavy (non-hydrogen) atoms. The van der Waals surface area contributed by atoms with Crippen molar-refractivity contribution in [2.24, 2.45) is 0 Å². The zero-order valence-corrected chi connectivity index (χ0v) is 14.4. The first-order valence-corrected chi connectivity index (χ1v) is 9.69. The number of aromatic nitrogens is 2. The number of hydrogen-bond acceptors (Lipinski definition) is 5. The first-order chi connectivity index (χ1) is 9.89. The molecule has 1 aromatic heterocycles. The van der Waals surface area contributed by atoms with Gasteiger partial charge < -0.3 is 5.11 Å². The smallest absolute Gasteiger partial charge is 0.246 e. The van der Waals surface area contributed by atoms with Crippen molar-refractivity contribution in [3.8, 4) is 0 Å². The van der Waals surface area contributed by atoms with Crippen LogP contribution in [0.2, 0.25) is 0 Å². The summed E-state index contributed by atoms with van der Waals surface area (Å²) in [6.45, 7) is 4.11. The van der Waals surface area contributed by atoms with Crippen LogP contribution in [0.15, 0.2) is 4.90 Å². The fraction of sp³-hybridized carbons (Fsp3) is 0.769. The molecule has 1 aromatic rings. The van der Waals surface area contributed by atoms with Crippen molar-refractivity contribution in [2.45, 2.75) is 44.2 Å². The second-order valence-electron chi connectivity index (χ2n) is 5.34. The molecule has 0 spiro atoms. The minimum Gasteiger partial charge on any atom is -0.396 e. The summed E-state index contributed by atoms with van der Waals surface area (Å²) in [6, 6.07) is 0.0691. The number of thioether (sulfide) groups is 1. The molecule has 1 N–H and O–H groups in total. The van der Waals surface area contributed by atoms with Crippen molar-refractivity contribution in [1.82, 2.24) is 14.1 Å². The first-order valence-electron chi connectivity index (χ1n) is 7.10. The van der Waals surface area contributed by atoms with Crippen molar-refractivity contribution in [1.29, 1.82) is 0 Å². The lowest BCUT2D eigenvalue weighted by Crippen LogP contribution is -2.37. The van der Waals surface area contributed by atoms with Crippen LogP contribution in [0, 0.1) is 13.8 Å². The monoisotopic (exact) mass is 333 g/mol. The van der Waals surface area contributed by atoms with Crippen LogP contribution >= 0.6 is 11.8 Å². The maximum absolute atomic E-state index is 12.9. The van der Waals surface area contributed by atoms with Gasteiger partial charge in [-0.3, -0.25) is 4.68 Å². The minimum atomic E-state index is -3.51. The van der Waals surface area contributed by atoms with Crippen LogP contribution in [0.3, 0.4) is 0 Å². The van der Waals surface area contributed by atoms with E-state index in [4.69, 9.17) is 5.11 Å². The molecule has 1 atom stereocenters. The van der Waals surface area contributed by atoms with Gasteiger partial charge in [-0.1, -0.05) is 0 Å². The van der Waals surface area contributed by atoms with Gasteiger partial charge in [0.05, 0.1) is 11.4 Å². The maximum atomic E-state index is 12.9. The zero-order valence-electron chi connectivity index (χ0n) is 12.7. The number of hydrogen-bond donors (Lipinski definition) is 1. The van der Waals surface area contributed by atoms with E-state index in [1.165, 1.54) is 4.31 Å². The van der Waals surface area contributed by atoms with E-state index in [0.29, 0.717) is 29.2 Å². The van der Waals surface area contributed by atoms with Gasteiger partial charge in [0.15, 0.2) is 0 Å². The molecule has 2 rings (SSSR count). The van der Waals surface area contributed by atoms with Crippen molar-refractivity contribution < 1.29 is 13.5 Å². The zero-order chi connectivity index (χ0) is 15.6. The highest BCUT2D eigenvalue weighted by Crippen LogP contribution is 2.29. The molecule has 1 aliphatic heterocycles. The van der Waals surface area contributed by atoms with Gasteiger partial charge in [-0.25, -0.2) is 8.42 Å². The Bertz CT molecular complexity index is 592. The van der Waals surface area contributed by atoms with Crippen molar-refractivity contribution in [3.63, 3.8) is 0 Å². The van der Waals surface area contributed by atoms with E-state index in [1.807, 2.05) is 0 Å². The molecule has 1 saturated heterocycles. The lowest BCUT2D eigenvalue weighted by molar-refractivity contribution is 0.276. The van der Waals surface area contributed by atoms with E-state index in [1.54, 1.807) is 37.3 Å². The standard InChI is InChI=1S/C13H23N3O3S2/c1-10-13(11(2)16(14-10)6-4-7-17)21(18,19)15(3)12-5-8-20-9-12/h12,17H,4-9H2,1-3H3. The Morgan fingerprint density at radius 2 is 2.19 bits per heavy atom. The van der Waals surface area contributed by atoms with Gasteiger partial charge in [-0.05, 0) is 32.4 Å². The minimum absolute atomic E-state index is 0.0691. The number of nitrogens with zero attached hydrogens (tertiary/aromatic N) is 3. The molecule has 1 unspecified atom stereocenters. The topological polar surface area (TPSA) is 75.4 Å². The molecule has 1 aliphatic rings. The Kier molecular flexibility index (Phi) is 5.34. The average molecular weight is 333 g/mol. The molecule has 0 aromatic carbocycles. The van der Waals surface area contributed by atoms with Gasteiger partial charge in [0.2, 0.25) is 10.0 Å². The molecule has 0 saturated carbocycles. The Balaban J connectivity index is 2.33. The van der Waals surface area contributed by atoms with Crippen LogP contribution in [0.4, 0.5) is 0 Å². The molecule has 6 nitrogen and oxygen atoms in total. The van der Waals surface area contributed by atoms with Crippen molar-refractivity contribution >= 4 is 21.8 Å². The quantitative estimate of drug-likeness (QED) is 0.841. The van der Waals surface area contributed by atoms with Crippen LogP contribution in [0.5, 0.6) is 0 Å². The summed E-state index contributed by atoms with van der Waals surface area (Å²) in [6.07, 6.45) is 1.47. The largest absolute Gasteiger partial charge is 0.396 e. The van der Waals surface area contributed by atoms with E-state index in [9.17, 15) is 8.42 Å². The molecule has 0 amide bonds. The lowest BCUT2D eigenvalue weighted by atomic mass is 10.3. The van der Waals surface area contributed by atoms with Gasteiger partial charge in [-0.15, -0.1) is 0 Å². The summed E-state index contributed by atoms with van der Waals surface area (Å²) >= 11 is 1.79. The molecule has 0 aliphatic carbocycles. The molecule has 8 heteroatoms. The molecule has 2 heterocycles. The molecule has 1 fully saturated rings. The molecular weight excluding hydrogens is 310 g/mol. The summed E-state index contributed by atoms with van der Waals surface area (Å²) < 4.78 is 28.9. The van der Waals surface area contributed by atoms with Crippen LogP contribution in [0.1, 0.15) is 24.2 Å². The average Bonchev–Trinajstić information content (AvgIpc) is 3.04.